The molecule has 1 spiro atoms. The highest BCUT2D eigenvalue weighted by Crippen LogP contribution is 2.40. The van der Waals surface area contributed by atoms with Gasteiger partial charge in [0.05, 0.1) is 0 Å². The van der Waals surface area contributed by atoms with E-state index < -0.39 is 0 Å². The number of carbonyl (C=O) groups excluding carboxylic acids is 1. The zero-order chi connectivity index (χ0) is 13.6. The van der Waals surface area contributed by atoms with Gasteiger partial charge >= 0.3 is 6.09 Å². The van der Waals surface area contributed by atoms with E-state index in [1.807, 2.05) is 25.7 Å². The number of amides is 1. The van der Waals surface area contributed by atoms with Crippen LogP contribution in [0.4, 0.5) is 4.79 Å². The van der Waals surface area contributed by atoms with Gasteiger partial charge in [-0.1, -0.05) is 0 Å². The minimum absolute atomic E-state index is 0.156. The number of hydrogen-bond donors (Lipinski definition) is 0. The van der Waals surface area contributed by atoms with Crippen LogP contribution >= 0.6 is 0 Å². The lowest BCUT2D eigenvalue weighted by Crippen LogP contribution is -2.60. The summed E-state index contributed by atoms with van der Waals surface area (Å²) in [4.78, 5) is 16.2. The predicted molar refractivity (Wildman–Crippen MR) is 71.6 cm³/mol. The van der Waals surface area contributed by atoms with Crippen molar-refractivity contribution < 1.29 is 9.53 Å². The molecule has 2 aliphatic rings. The van der Waals surface area contributed by atoms with Crippen molar-refractivity contribution >= 4 is 6.09 Å². The highest BCUT2D eigenvalue weighted by Gasteiger charge is 2.50. The van der Waals surface area contributed by atoms with Crippen molar-refractivity contribution in [3.63, 3.8) is 0 Å². The summed E-state index contributed by atoms with van der Waals surface area (Å²) >= 11 is 0. The number of hydrogen-bond acceptors (Lipinski definition) is 3. The van der Waals surface area contributed by atoms with Crippen molar-refractivity contribution in [2.24, 2.45) is 5.41 Å². The maximum absolute atomic E-state index is 11.9. The Morgan fingerprint density at radius 3 is 2.28 bits per heavy atom. The molecule has 18 heavy (non-hydrogen) atoms. The molecule has 0 radical (unpaired) electrons. The zero-order valence-electron chi connectivity index (χ0n) is 12.3. The zero-order valence-corrected chi connectivity index (χ0v) is 12.3. The first-order valence-electron chi connectivity index (χ1n) is 6.93. The Kier molecular flexibility index (Phi) is 3.34. The van der Waals surface area contributed by atoms with Gasteiger partial charge in [-0.15, -0.1) is 0 Å². The highest BCUT2D eigenvalue weighted by molar-refractivity contribution is 5.69. The van der Waals surface area contributed by atoms with Crippen LogP contribution in [0.1, 0.15) is 41.0 Å². The summed E-state index contributed by atoms with van der Waals surface area (Å²) in [5.74, 6) is 0. The third-order valence-corrected chi connectivity index (χ3v) is 3.90. The van der Waals surface area contributed by atoms with Crippen LogP contribution in [0.15, 0.2) is 0 Å². The van der Waals surface area contributed by atoms with E-state index in [-0.39, 0.29) is 11.7 Å². The van der Waals surface area contributed by atoms with E-state index in [1.165, 1.54) is 13.0 Å². The minimum atomic E-state index is -0.389. The topological polar surface area (TPSA) is 32.8 Å². The summed E-state index contributed by atoms with van der Waals surface area (Å²) in [5, 5.41) is 0. The standard InChI is InChI=1S/C14H26N2O2/c1-11(2)15-7-6-14(8-15)9-16(10-14)12(17)18-13(3,4)5/h11H,6-10H2,1-5H3. The van der Waals surface area contributed by atoms with Gasteiger partial charge in [0.25, 0.3) is 0 Å². The summed E-state index contributed by atoms with van der Waals surface area (Å²) < 4.78 is 5.39. The van der Waals surface area contributed by atoms with Crippen molar-refractivity contribution in [2.45, 2.75) is 52.7 Å². The van der Waals surface area contributed by atoms with E-state index in [2.05, 4.69) is 18.7 Å². The van der Waals surface area contributed by atoms with Gasteiger partial charge < -0.3 is 14.5 Å². The van der Waals surface area contributed by atoms with E-state index in [4.69, 9.17) is 4.74 Å². The quantitative estimate of drug-likeness (QED) is 0.720. The van der Waals surface area contributed by atoms with Gasteiger partial charge in [0.1, 0.15) is 5.60 Å². The van der Waals surface area contributed by atoms with Crippen LogP contribution in [0.3, 0.4) is 0 Å². The summed E-state index contributed by atoms with van der Waals surface area (Å²) in [6.45, 7) is 14.2. The Bertz CT molecular complexity index is 327. The molecule has 0 bridgehead atoms. The molecular formula is C14H26N2O2. The second-order valence-electron chi connectivity index (χ2n) is 7.15. The molecule has 1 amide bonds. The fraction of sp³-hybridized carbons (Fsp3) is 0.929. The number of nitrogens with zero attached hydrogens (tertiary/aromatic N) is 2. The molecule has 2 aliphatic heterocycles. The third kappa shape index (κ3) is 2.79. The van der Waals surface area contributed by atoms with Crippen molar-refractivity contribution in [3.8, 4) is 0 Å². The maximum Gasteiger partial charge on any atom is 0.410 e. The molecule has 0 atom stereocenters. The smallest absolute Gasteiger partial charge is 0.410 e. The molecule has 0 unspecified atom stereocenters. The Hall–Kier alpha value is -0.770. The van der Waals surface area contributed by atoms with E-state index >= 15 is 0 Å². The van der Waals surface area contributed by atoms with E-state index in [9.17, 15) is 4.79 Å². The SMILES string of the molecule is CC(C)N1CCC2(CN(C(=O)OC(C)(C)C)C2)C1. The summed E-state index contributed by atoms with van der Waals surface area (Å²) in [7, 11) is 0. The van der Waals surface area contributed by atoms with Gasteiger partial charge in [-0.3, -0.25) is 0 Å². The second kappa shape index (κ2) is 4.41. The van der Waals surface area contributed by atoms with Gasteiger partial charge in [-0.2, -0.15) is 0 Å². The van der Waals surface area contributed by atoms with Crippen LogP contribution < -0.4 is 0 Å². The predicted octanol–water partition coefficient (Wildman–Crippen LogP) is 2.34. The highest BCUT2D eigenvalue weighted by atomic mass is 16.6. The Morgan fingerprint density at radius 2 is 1.83 bits per heavy atom. The molecule has 104 valence electrons. The first-order chi connectivity index (χ1) is 8.21. The van der Waals surface area contributed by atoms with Gasteiger partial charge in [-0.05, 0) is 47.6 Å². The van der Waals surface area contributed by atoms with Gasteiger partial charge in [-0.25, -0.2) is 4.79 Å². The van der Waals surface area contributed by atoms with Crippen molar-refractivity contribution in [2.75, 3.05) is 26.2 Å². The van der Waals surface area contributed by atoms with Crippen molar-refractivity contribution in [3.05, 3.63) is 0 Å². The molecule has 2 heterocycles. The van der Waals surface area contributed by atoms with Gasteiger partial charge in [0.2, 0.25) is 0 Å². The second-order valence-corrected chi connectivity index (χ2v) is 7.15. The van der Waals surface area contributed by atoms with Crippen molar-refractivity contribution in [1.29, 1.82) is 0 Å². The van der Waals surface area contributed by atoms with Crippen LogP contribution in [-0.2, 0) is 4.74 Å². The molecule has 0 aromatic rings. The average Bonchev–Trinajstić information content (AvgIpc) is 2.56. The Balaban J connectivity index is 1.82. The molecular weight excluding hydrogens is 228 g/mol. The monoisotopic (exact) mass is 254 g/mol. The lowest BCUT2D eigenvalue weighted by Gasteiger charge is -2.48. The molecule has 4 nitrogen and oxygen atoms in total. The van der Waals surface area contributed by atoms with Gasteiger partial charge in [0, 0.05) is 31.1 Å². The fourth-order valence-corrected chi connectivity index (χ4v) is 2.89. The molecule has 4 heteroatoms. The summed E-state index contributed by atoms with van der Waals surface area (Å²) in [6.07, 6.45) is 1.06. The molecule has 0 aromatic heterocycles. The van der Waals surface area contributed by atoms with Crippen LogP contribution in [0, 0.1) is 5.41 Å². The minimum Gasteiger partial charge on any atom is -0.444 e. The number of rotatable bonds is 1. The number of likely N-dealkylation sites (tertiary alicyclic amines) is 2. The molecule has 2 fully saturated rings. The van der Waals surface area contributed by atoms with Crippen LogP contribution in [-0.4, -0.2) is 53.7 Å². The third-order valence-electron chi connectivity index (χ3n) is 3.90. The first kappa shape index (κ1) is 13.7. The summed E-state index contributed by atoms with van der Waals surface area (Å²) in [6, 6.07) is 0.611. The lowest BCUT2D eigenvalue weighted by molar-refractivity contribution is -0.0312. The van der Waals surface area contributed by atoms with Gasteiger partial charge in [0.15, 0.2) is 0 Å². The average molecular weight is 254 g/mol. The van der Waals surface area contributed by atoms with E-state index in [0.29, 0.717) is 11.5 Å². The molecule has 2 rings (SSSR count). The first-order valence-corrected chi connectivity index (χ1v) is 6.93. The molecule has 0 aliphatic carbocycles. The number of ether oxygens (including phenoxy) is 1. The molecule has 2 saturated heterocycles. The number of carbonyl (C=O) groups is 1. The summed E-state index contributed by atoms with van der Waals surface area (Å²) in [5.41, 5.74) is -0.0410. The largest absolute Gasteiger partial charge is 0.444 e. The van der Waals surface area contributed by atoms with Crippen LogP contribution in [0.5, 0.6) is 0 Å². The fourth-order valence-electron chi connectivity index (χ4n) is 2.89. The maximum atomic E-state index is 11.9. The lowest BCUT2D eigenvalue weighted by atomic mass is 9.79. The normalized spacial score (nSPS) is 23.6. The Labute approximate surface area is 110 Å². The molecule has 0 saturated carbocycles. The molecule has 0 N–H and O–H groups in total. The van der Waals surface area contributed by atoms with Crippen molar-refractivity contribution in [1.82, 2.24) is 9.80 Å². The van der Waals surface area contributed by atoms with Crippen LogP contribution in [0.2, 0.25) is 0 Å². The van der Waals surface area contributed by atoms with E-state index in [1.54, 1.807) is 0 Å². The Morgan fingerprint density at radius 1 is 1.22 bits per heavy atom. The molecule has 0 aromatic carbocycles. The van der Waals surface area contributed by atoms with Crippen LogP contribution in [0.25, 0.3) is 0 Å². The van der Waals surface area contributed by atoms with E-state index in [0.717, 1.165) is 19.6 Å².